The number of carbonyl (C=O) groups is 2. The summed E-state index contributed by atoms with van der Waals surface area (Å²) in [7, 11) is 0. The molecule has 0 saturated heterocycles. The van der Waals surface area contributed by atoms with E-state index in [9.17, 15) is 9.59 Å². The van der Waals surface area contributed by atoms with Crippen molar-refractivity contribution in [3.63, 3.8) is 0 Å². The molecule has 2 aromatic heterocycles. The fourth-order valence-electron chi connectivity index (χ4n) is 3.14. The van der Waals surface area contributed by atoms with Gasteiger partial charge < -0.3 is 16.0 Å². The highest BCUT2D eigenvalue weighted by Crippen LogP contribution is 2.21. The van der Waals surface area contributed by atoms with E-state index >= 15 is 0 Å². The third kappa shape index (κ3) is 5.49. The Hall–Kier alpha value is -4.85. The van der Waals surface area contributed by atoms with Crippen molar-refractivity contribution in [2.75, 3.05) is 16.0 Å². The molecule has 0 radical (unpaired) electrons. The standard InChI is InChI=1S/C26H22N6O2/c1-3-24(33)31-23-15-18(7-6-17(23)2)25(34)29-20-8-10-21(11-9-20)30-26-28-14-12-22(32-26)19-5-4-13-27-16-19/h3-16H,1H2,2H3,(H,29,34)(H,31,33)(H,28,30,32). The molecule has 0 fully saturated rings. The van der Waals surface area contributed by atoms with Gasteiger partial charge in [-0.25, -0.2) is 9.97 Å². The van der Waals surface area contributed by atoms with Crippen molar-refractivity contribution in [1.29, 1.82) is 0 Å². The predicted molar refractivity (Wildman–Crippen MR) is 133 cm³/mol. The number of aryl methyl sites for hydroxylation is 1. The lowest BCUT2D eigenvalue weighted by Gasteiger charge is -2.11. The number of anilines is 4. The van der Waals surface area contributed by atoms with E-state index in [0.29, 0.717) is 22.9 Å². The molecule has 0 spiro atoms. The van der Waals surface area contributed by atoms with Gasteiger partial charge in [0.1, 0.15) is 0 Å². The van der Waals surface area contributed by atoms with E-state index < -0.39 is 0 Å². The van der Waals surface area contributed by atoms with Crippen molar-refractivity contribution in [2.24, 2.45) is 0 Å². The van der Waals surface area contributed by atoms with Crippen LogP contribution in [0.3, 0.4) is 0 Å². The van der Waals surface area contributed by atoms with Crippen molar-refractivity contribution in [1.82, 2.24) is 15.0 Å². The molecule has 0 atom stereocenters. The summed E-state index contributed by atoms with van der Waals surface area (Å²) < 4.78 is 0. The van der Waals surface area contributed by atoms with E-state index in [-0.39, 0.29) is 11.8 Å². The van der Waals surface area contributed by atoms with Crippen LogP contribution in [-0.4, -0.2) is 26.8 Å². The molecule has 0 aliphatic rings. The van der Waals surface area contributed by atoms with Gasteiger partial charge in [-0.3, -0.25) is 14.6 Å². The molecule has 0 aliphatic heterocycles. The minimum atomic E-state index is -0.335. The van der Waals surface area contributed by atoms with E-state index in [4.69, 9.17) is 0 Å². The van der Waals surface area contributed by atoms with Gasteiger partial charge in [0, 0.05) is 46.8 Å². The van der Waals surface area contributed by atoms with Gasteiger partial charge >= 0.3 is 0 Å². The third-order valence-corrected chi connectivity index (χ3v) is 4.95. The van der Waals surface area contributed by atoms with Crippen LogP contribution < -0.4 is 16.0 Å². The average Bonchev–Trinajstić information content (AvgIpc) is 2.87. The Kier molecular flexibility index (Phi) is 6.69. The second-order valence-electron chi connectivity index (χ2n) is 7.39. The second kappa shape index (κ2) is 10.2. The fourth-order valence-corrected chi connectivity index (χ4v) is 3.14. The number of amides is 2. The number of aromatic nitrogens is 3. The zero-order valence-electron chi connectivity index (χ0n) is 18.4. The number of hydrogen-bond acceptors (Lipinski definition) is 6. The van der Waals surface area contributed by atoms with Crippen LogP contribution in [-0.2, 0) is 4.79 Å². The first-order chi connectivity index (χ1) is 16.5. The molecule has 2 amide bonds. The zero-order valence-corrected chi connectivity index (χ0v) is 18.4. The molecule has 0 aliphatic carbocycles. The van der Waals surface area contributed by atoms with Crippen LogP contribution in [0.15, 0.2) is 91.9 Å². The van der Waals surface area contributed by atoms with Crippen LogP contribution in [0.5, 0.6) is 0 Å². The summed E-state index contributed by atoms with van der Waals surface area (Å²) in [5.41, 5.74) is 4.88. The summed E-state index contributed by atoms with van der Waals surface area (Å²) >= 11 is 0. The van der Waals surface area contributed by atoms with E-state index in [1.54, 1.807) is 48.9 Å². The van der Waals surface area contributed by atoms with Gasteiger partial charge in [0.05, 0.1) is 5.69 Å². The van der Waals surface area contributed by atoms with Gasteiger partial charge in [-0.2, -0.15) is 0 Å². The van der Waals surface area contributed by atoms with Gasteiger partial charge in [-0.15, -0.1) is 0 Å². The summed E-state index contributed by atoms with van der Waals surface area (Å²) in [5, 5.41) is 8.72. The second-order valence-corrected chi connectivity index (χ2v) is 7.39. The predicted octanol–water partition coefficient (Wildman–Crippen LogP) is 4.97. The molecule has 0 bridgehead atoms. The Morgan fingerprint density at radius 1 is 0.941 bits per heavy atom. The molecular formula is C26H22N6O2. The SMILES string of the molecule is C=CC(=O)Nc1cc(C(=O)Nc2ccc(Nc3nccc(-c4cccnc4)n3)cc2)ccc1C. The van der Waals surface area contributed by atoms with Gasteiger partial charge in [0.25, 0.3) is 5.91 Å². The summed E-state index contributed by atoms with van der Waals surface area (Å²) in [6.07, 6.45) is 6.32. The van der Waals surface area contributed by atoms with Crippen LogP contribution >= 0.6 is 0 Å². The first-order valence-corrected chi connectivity index (χ1v) is 10.5. The number of nitrogens with one attached hydrogen (secondary N) is 3. The molecule has 2 aromatic carbocycles. The van der Waals surface area contributed by atoms with Gasteiger partial charge in [-0.1, -0.05) is 12.6 Å². The van der Waals surface area contributed by atoms with E-state index in [1.807, 2.05) is 37.3 Å². The summed E-state index contributed by atoms with van der Waals surface area (Å²) in [5.74, 6) is -0.173. The molecule has 34 heavy (non-hydrogen) atoms. The largest absolute Gasteiger partial charge is 0.324 e. The monoisotopic (exact) mass is 450 g/mol. The molecule has 0 unspecified atom stereocenters. The lowest BCUT2D eigenvalue weighted by Crippen LogP contribution is -2.14. The van der Waals surface area contributed by atoms with E-state index in [1.165, 1.54) is 6.08 Å². The summed E-state index contributed by atoms with van der Waals surface area (Å²) in [4.78, 5) is 37.2. The Morgan fingerprint density at radius 3 is 2.47 bits per heavy atom. The quantitative estimate of drug-likeness (QED) is 0.343. The first-order valence-electron chi connectivity index (χ1n) is 10.5. The first kappa shape index (κ1) is 22.3. The number of nitrogens with zero attached hydrogens (tertiary/aromatic N) is 3. The van der Waals surface area contributed by atoms with Gasteiger partial charge in [0.15, 0.2) is 0 Å². The highest BCUT2D eigenvalue weighted by Gasteiger charge is 2.10. The van der Waals surface area contributed by atoms with Crippen molar-refractivity contribution in [2.45, 2.75) is 6.92 Å². The van der Waals surface area contributed by atoms with Crippen molar-refractivity contribution in [3.8, 4) is 11.3 Å². The van der Waals surface area contributed by atoms with Crippen molar-refractivity contribution < 1.29 is 9.59 Å². The maximum atomic E-state index is 12.7. The van der Waals surface area contributed by atoms with Crippen LogP contribution in [0.4, 0.5) is 23.0 Å². The zero-order chi connectivity index (χ0) is 23.9. The normalized spacial score (nSPS) is 10.3. The maximum absolute atomic E-state index is 12.7. The maximum Gasteiger partial charge on any atom is 0.255 e. The number of pyridine rings is 1. The molecule has 2 heterocycles. The van der Waals surface area contributed by atoms with Crippen molar-refractivity contribution >= 4 is 34.8 Å². The van der Waals surface area contributed by atoms with Crippen LogP contribution in [0.2, 0.25) is 0 Å². The number of benzene rings is 2. The fraction of sp³-hybridized carbons (Fsp3) is 0.0385. The lowest BCUT2D eigenvalue weighted by atomic mass is 10.1. The minimum Gasteiger partial charge on any atom is -0.324 e. The lowest BCUT2D eigenvalue weighted by molar-refractivity contribution is -0.111. The third-order valence-electron chi connectivity index (χ3n) is 4.95. The molecule has 4 rings (SSSR count). The molecule has 0 saturated carbocycles. The van der Waals surface area contributed by atoms with E-state index in [0.717, 1.165) is 22.5 Å². The highest BCUT2D eigenvalue weighted by molar-refractivity contribution is 6.06. The van der Waals surface area contributed by atoms with Gasteiger partial charge in [-0.05, 0) is 73.2 Å². The number of carbonyl (C=O) groups excluding carboxylic acids is 2. The molecule has 3 N–H and O–H groups in total. The van der Waals surface area contributed by atoms with Crippen LogP contribution in [0.1, 0.15) is 15.9 Å². The molecular weight excluding hydrogens is 428 g/mol. The summed E-state index contributed by atoms with van der Waals surface area (Å²) in [6.45, 7) is 5.29. The Labute approximate surface area is 196 Å². The van der Waals surface area contributed by atoms with Crippen LogP contribution in [0, 0.1) is 6.92 Å². The molecule has 8 nitrogen and oxygen atoms in total. The molecule has 8 heteroatoms. The van der Waals surface area contributed by atoms with Crippen LogP contribution in [0.25, 0.3) is 11.3 Å². The highest BCUT2D eigenvalue weighted by atomic mass is 16.2. The average molecular weight is 451 g/mol. The smallest absolute Gasteiger partial charge is 0.255 e. The minimum absolute atomic E-state index is 0.290. The van der Waals surface area contributed by atoms with Gasteiger partial charge in [0.2, 0.25) is 11.9 Å². The van der Waals surface area contributed by atoms with E-state index in [2.05, 4.69) is 37.5 Å². The summed E-state index contributed by atoms with van der Waals surface area (Å²) in [6, 6.07) is 17.9. The molecule has 4 aromatic rings. The Bertz CT molecular complexity index is 1340. The van der Waals surface area contributed by atoms with Crippen molar-refractivity contribution in [3.05, 3.63) is 103 Å². The number of rotatable bonds is 7. The molecule has 168 valence electrons. The Balaban J connectivity index is 1.43. The topological polar surface area (TPSA) is 109 Å². The number of hydrogen-bond donors (Lipinski definition) is 3. The Morgan fingerprint density at radius 2 is 1.74 bits per heavy atom.